The molecule has 0 aliphatic carbocycles. The molecule has 2 rings (SSSR count). The Morgan fingerprint density at radius 1 is 1.00 bits per heavy atom. The number of nitrogen functional groups attached to an aromatic ring is 3. The predicted octanol–water partition coefficient (Wildman–Crippen LogP) is 2.52. The zero-order chi connectivity index (χ0) is 15.9. The summed E-state index contributed by atoms with van der Waals surface area (Å²) < 4.78 is 0. The van der Waals surface area contributed by atoms with Gasteiger partial charge in [-0.1, -0.05) is 18.2 Å². The zero-order valence-electron chi connectivity index (χ0n) is 12.8. The smallest absolute Gasteiger partial charge is 0.0472 e. The maximum Gasteiger partial charge on any atom is 0.0472 e. The number of nitrogens with one attached hydrogen (secondary N) is 1. The van der Waals surface area contributed by atoms with Crippen LogP contribution >= 0.6 is 12.4 Å². The third-order valence-electron chi connectivity index (χ3n) is 3.36. The molecule has 2 aromatic rings. The Morgan fingerprint density at radius 3 is 2.48 bits per heavy atom. The fraction of sp³-hybridized carbons (Fsp3) is 0.176. The second-order valence-corrected chi connectivity index (χ2v) is 5.06. The molecule has 0 fully saturated rings. The van der Waals surface area contributed by atoms with Crippen molar-refractivity contribution < 1.29 is 5.11 Å². The number of anilines is 4. The summed E-state index contributed by atoms with van der Waals surface area (Å²) in [6, 6.07) is 11.2. The van der Waals surface area contributed by atoms with E-state index in [4.69, 9.17) is 22.3 Å². The van der Waals surface area contributed by atoms with Gasteiger partial charge in [0.25, 0.3) is 0 Å². The summed E-state index contributed by atoms with van der Waals surface area (Å²) >= 11 is 0. The first-order valence-electron chi connectivity index (χ1n) is 7.15. The summed E-state index contributed by atoms with van der Waals surface area (Å²) in [6.07, 6.45) is 4.48. The van der Waals surface area contributed by atoms with Gasteiger partial charge in [0.2, 0.25) is 0 Å². The van der Waals surface area contributed by atoms with E-state index >= 15 is 0 Å². The maximum atomic E-state index is 8.94. The summed E-state index contributed by atoms with van der Waals surface area (Å²) in [6.45, 7) is 0.744. The Kier molecular flexibility index (Phi) is 7.25. The van der Waals surface area contributed by atoms with Crippen LogP contribution < -0.4 is 22.5 Å². The van der Waals surface area contributed by atoms with E-state index in [0.29, 0.717) is 30.0 Å². The van der Waals surface area contributed by atoms with Crippen molar-refractivity contribution in [2.75, 3.05) is 35.7 Å². The van der Waals surface area contributed by atoms with E-state index < -0.39 is 0 Å². The second kappa shape index (κ2) is 8.92. The van der Waals surface area contributed by atoms with Crippen LogP contribution in [-0.2, 0) is 6.42 Å². The molecule has 0 amide bonds. The van der Waals surface area contributed by atoms with Gasteiger partial charge in [-0.05, 0) is 47.9 Å². The third kappa shape index (κ3) is 5.39. The van der Waals surface area contributed by atoms with Crippen LogP contribution in [0.5, 0.6) is 0 Å². The van der Waals surface area contributed by atoms with Crippen molar-refractivity contribution in [1.29, 1.82) is 0 Å². The molecule has 0 bridgehead atoms. The van der Waals surface area contributed by atoms with Crippen molar-refractivity contribution in [1.82, 2.24) is 0 Å². The second-order valence-electron chi connectivity index (χ2n) is 5.06. The number of hydrogen-bond donors (Lipinski definition) is 5. The van der Waals surface area contributed by atoms with Crippen molar-refractivity contribution in [2.24, 2.45) is 0 Å². The Bertz CT molecular complexity index is 674. The van der Waals surface area contributed by atoms with Crippen LogP contribution in [0.15, 0.2) is 42.5 Å². The van der Waals surface area contributed by atoms with Crippen molar-refractivity contribution >= 4 is 41.2 Å². The minimum absolute atomic E-state index is 0. The Labute approximate surface area is 142 Å². The van der Waals surface area contributed by atoms with Crippen molar-refractivity contribution in [2.45, 2.75) is 6.42 Å². The number of hydrogen-bond acceptors (Lipinski definition) is 5. The van der Waals surface area contributed by atoms with Gasteiger partial charge in [-0.2, -0.15) is 0 Å². The summed E-state index contributed by atoms with van der Waals surface area (Å²) in [5, 5.41) is 12.2. The fourth-order valence-electron chi connectivity index (χ4n) is 2.15. The summed E-state index contributed by atoms with van der Waals surface area (Å²) in [7, 11) is 0. The topological polar surface area (TPSA) is 110 Å². The summed E-state index contributed by atoms with van der Waals surface area (Å²) in [4.78, 5) is 0. The van der Waals surface area contributed by atoms with Crippen molar-refractivity contribution in [3.05, 3.63) is 53.6 Å². The van der Waals surface area contributed by atoms with E-state index in [1.807, 2.05) is 36.4 Å². The lowest BCUT2D eigenvalue weighted by molar-refractivity contribution is 0.300. The van der Waals surface area contributed by atoms with Crippen LogP contribution in [0.3, 0.4) is 0 Å². The molecular formula is C17H23ClN4O. The predicted molar refractivity (Wildman–Crippen MR) is 102 cm³/mol. The molecule has 0 aliphatic heterocycles. The highest BCUT2D eigenvalue weighted by molar-refractivity contribution is 5.85. The summed E-state index contributed by atoms with van der Waals surface area (Å²) in [5.41, 5.74) is 22.4. The molecule has 124 valence electrons. The number of aliphatic hydroxyl groups excluding tert-OH is 1. The van der Waals surface area contributed by atoms with Crippen LogP contribution in [0, 0.1) is 0 Å². The number of benzene rings is 2. The van der Waals surface area contributed by atoms with Gasteiger partial charge in [0.15, 0.2) is 0 Å². The van der Waals surface area contributed by atoms with Crippen LogP contribution in [-0.4, -0.2) is 18.3 Å². The lowest BCUT2D eigenvalue weighted by Crippen LogP contribution is -2.02. The molecule has 23 heavy (non-hydrogen) atoms. The highest BCUT2D eigenvalue weighted by Gasteiger charge is 2.00. The lowest BCUT2D eigenvalue weighted by Gasteiger charge is -2.08. The lowest BCUT2D eigenvalue weighted by atomic mass is 10.1. The maximum absolute atomic E-state index is 8.94. The molecule has 0 radical (unpaired) electrons. The van der Waals surface area contributed by atoms with Crippen molar-refractivity contribution in [3.63, 3.8) is 0 Å². The monoisotopic (exact) mass is 334 g/mol. The van der Waals surface area contributed by atoms with Crippen molar-refractivity contribution in [3.8, 4) is 0 Å². The van der Waals surface area contributed by atoms with Gasteiger partial charge in [-0.25, -0.2) is 0 Å². The van der Waals surface area contributed by atoms with Crippen LogP contribution in [0.1, 0.15) is 11.1 Å². The minimum Gasteiger partial charge on any atom is -0.399 e. The Balaban J connectivity index is 0.00000264. The normalized spacial score (nSPS) is 10.5. The molecule has 0 heterocycles. The number of aliphatic hydroxyl groups is 1. The summed E-state index contributed by atoms with van der Waals surface area (Å²) in [5.74, 6) is 0. The molecule has 0 unspecified atom stereocenters. The van der Waals surface area contributed by atoms with E-state index in [1.54, 1.807) is 12.1 Å². The zero-order valence-corrected chi connectivity index (χ0v) is 13.6. The van der Waals surface area contributed by atoms with Gasteiger partial charge in [0.1, 0.15) is 0 Å². The molecule has 6 heteroatoms. The first kappa shape index (κ1) is 18.7. The van der Waals surface area contributed by atoms with Gasteiger partial charge >= 0.3 is 0 Å². The van der Waals surface area contributed by atoms with Gasteiger partial charge in [0, 0.05) is 35.9 Å². The minimum atomic E-state index is 0. The SMILES string of the molecule is Cl.Nc1ccc(N)c(/C=C/CNc2ccc(CCO)c(N)c2)c1. The van der Waals surface area contributed by atoms with E-state index in [1.165, 1.54) is 0 Å². The van der Waals surface area contributed by atoms with Gasteiger partial charge in [-0.15, -0.1) is 12.4 Å². The van der Waals surface area contributed by atoms with E-state index in [9.17, 15) is 0 Å². The van der Waals surface area contributed by atoms with Gasteiger partial charge in [-0.3, -0.25) is 0 Å². The standard InChI is InChI=1S/C17H22N4O.ClH/c18-14-4-6-16(19)13(10-14)2-1-8-21-15-5-3-12(7-9-22)17(20)11-15;/h1-6,10-11,21-22H,7-9,18-20H2;1H/b2-1+;. The van der Waals surface area contributed by atoms with Crippen LogP contribution in [0.25, 0.3) is 6.08 Å². The average molecular weight is 335 g/mol. The van der Waals surface area contributed by atoms with Gasteiger partial charge < -0.3 is 27.6 Å². The molecule has 8 N–H and O–H groups in total. The van der Waals surface area contributed by atoms with Crippen LogP contribution in [0.2, 0.25) is 0 Å². The fourth-order valence-corrected chi connectivity index (χ4v) is 2.15. The molecule has 0 spiro atoms. The molecule has 0 atom stereocenters. The molecule has 5 nitrogen and oxygen atoms in total. The molecule has 0 saturated carbocycles. The Morgan fingerprint density at radius 2 is 1.78 bits per heavy atom. The number of halogens is 1. The molecule has 0 aliphatic rings. The van der Waals surface area contributed by atoms with E-state index in [-0.39, 0.29) is 19.0 Å². The van der Waals surface area contributed by atoms with E-state index in [2.05, 4.69) is 5.32 Å². The third-order valence-corrected chi connectivity index (χ3v) is 3.36. The van der Waals surface area contributed by atoms with Crippen LogP contribution in [0.4, 0.5) is 22.7 Å². The van der Waals surface area contributed by atoms with Gasteiger partial charge in [0.05, 0.1) is 0 Å². The number of rotatable bonds is 6. The Hall–Kier alpha value is -2.37. The molecule has 0 saturated heterocycles. The molecular weight excluding hydrogens is 312 g/mol. The largest absolute Gasteiger partial charge is 0.399 e. The molecule has 0 aromatic heterocycles. The first-order chi connectivity index (χ1) is 10.6. The molecule has 2 aromatic carbocycles. The number of nitrogens with two attached hydrogens (primary N) is 3. The quantitative estimate of drug-likeness (QED) is 0.521. The highest BCUT2D eigenvalue weighted by atomic mass is 35.5. The average Bonchev–Trinajstić information content (AvgIpc) is 2.50. The van der Waals surface area contributed by atoms with E-state index in [0.717, 1.165) is 16.8 Å². The first-order valence-corrected chi connectivity index (χ1v) is 7.15. The highest BCUT2D eigenvalue weighted by Crippen LogP contribution is 2.19.